The lowest BCUT2D eigenvalue weighted by Gasteiger charge is -2.37. The molecule has 3 aliphatic heterocycles. The van der Waals surface area contributed by atoms with Crippen molar-refractivity contribution in [3.05, 3.63) is 48.6 Å². The molecular weight excluding hydrogens is 452 g/mol. The van der Waals surface area contributed by atoms with Crippen molar-refractivity contribution >= 4 is 29.5 Å². The summed E-state index contributed by atoms with van der Waals surface area (Å²) < 4.78 is 4.74. The monoisotopic (exact) mass is 486 g/mol. The van der Waals surface area contributed by atoms with Crippen LogP contribution in [0.25, 0.3) is 0 Å². The highest BCUT2D eigenvalue weighted by Crippen LogP contribution is 2.66. The summed E-state index contributed by atoms with van der Waals surface area (Å²) in [6.07, 6.45) is 4.40. The Morgan fingerprint density at radius 3 is 2.76 bits per heavy atom. The second kappa shape index (κ2) is 10.5. The van der Waals surface area contributed by atoms with Gasteiger partial charge >= 0.3 is 5.97 Å². The largest absolute Gasteiger partial charge is 0.466 e. The number of carbonyl (C=O) groups excluding carboxylic acids is 3. The van der Waals surface area contributed by atoms with Crippen LogP contribution in [0.2, 0.25) is 0 Å². The average molecular weight is 487 g/mol. The van der Waals surface area contributed by atoms with Crippen molar-refractivity contribution in [3.8, 4) is 0 Å². The second-order valence-corrected chi connectivity index (χ2v) is 10.9. The molecule has 2 unspecified atom stereocenters. The molecule has 2 bridgehead atoms. The first-order chi connectivity index (χ1) is 16.5. The zero-order chi connectivity index (χ0) is 24.3. The third-order valence-electron chi connectivity index (χ3n) is 7.28. The molecule has 1 aromatic rings. The van der Waals surface area contributed by atoms with E-state index < -0.39 is 22.6 Å². The predicted molar refractivity (Wildman–Crippen MR) is 131 cm³/mol. The summed E-state index contributed by atoms with van der Waals surface area (Å²) in [4.78, 5) is 44.3. The van der Waals surface area contributed by atoms with Crippen LogP contribution in [-0.2, 0) is 25.7 Å². The van der Waals surface area contributed by atoms with Crippen molar-refractivity contribution in [2.75, 3.05) is 26.3 Å². The number of carbonyl (C=O) groups is 3. The average Bonchev–Trinajstić information content (AvgIpc) is 3.47. The van der Waals surface area contributed by atoms with Crippen molar-refractivity contribution in [2.45, 2.75) is 55.2 Å². The molecule has 184 valence electrons. The lowest BCUT2D eigenvalue weighted by Crippen LogP contribution is -2.54. The molecule has 4 rings (SSSR count). The van der Waals surface area contributed by atoms with Crippen LogP contribution in [0.5, 0.6) is 0 Å². The lowest BCUT2D eigenvalue weighted by atomic mass is 9.71. The summed E-state index contributed by atoms with van der Waals surface area (Å²) in [5.74, 6) is -1.59. The molecule has 1 N–H and O–H groups in total. The maximum absolute atomic E-state index is 14.2. The number of hydrogen-bond acceptors (Lipinski definition) is 6. The normalized spacial score (nSPS) is 29.2. The highest BCUT2D eigenvalue weighted by molar-refractivity contribution is 8.02. The topological polar surface area (TPSA) is 87.2 Å². The van der Waals surface area contributed by atoms with Gasteiger partial charge in [0.1, 0.15) is 6.04 Å². The first-order valence-corrected chi connectivity index (χ1v) is 13.1. The van der Waals surface area contributed by atoms with Crippen molar-refractivity contribution in [1.82, 2.24) is 9.80 Å². The Morgan fingerprint density at radius 2 is 2.09 bits per heavy atom. The van der Waals surface area contributed by atoms with E-state index >= 15 is 0 Å². The van der Waals surface area contributed by atoms with Crippen molar-refractivity contribution in [3.63, 3.8) is 0 Å². The quantitative estimate of drug-likeness (QED) is 0.294. The van der Waals surface area contributed by atoms with Gasteiger partial charge in [-0.15, -0.1) is 18.3 Å². The molecule has 0 saturated carbocycles. The summed E-state index contributed by atoms with van der Waals surface area (Å²) in [6, 6.07) is 9.15. The van der Waals surface area contributed by atoms with E-state index in [1.165, 1.54) is 0 Å². The number of benzene rings is 1. The third-order valence-corrected chi connectivity index (χ3v) is 9.23. The van der Waals surface area contributed by atoms with Gasteiger partial charge in [-0.2, -0.15) is 0 Å². The fourth-order valence-electron chi connectivity index (χ4n) is 5.94. The van der Waals surface area contributed by atoms with Crippen LogP contribution in [0, 0.1) is 11.8 Å². The van der Waals surface area contributed by atoms with E-state index in [1.807, 2.05) is 30.3 Å². The Kier molecular flexibility index (Phi) is 7.67. The van der Waals surface area contributed by atoms with E-state index in [4.69, 9.17) is 4.74 Å². The Morgan fingerprint density at radius 1 is 1.32 bits per heavy atom. The Hall–Kier alpha value is -2.32. The summed E-state index contributed by atoms with van der Waals surface area (Å²) in [6.45, 7) is 7.12. The number of fused-ring (bicyclic) bond motifs is 1. The number of likely N-dealkylation sites (tertiary alicyclic amines) is 1. The van der Waals surface area contributed by atoms with Crippen LogP contribution in [0.15, 0.2) is 43.0 Å². The number of amides is 2. The zero-order valence-electron chi connectivity index (χ0n) is 19.7. The van der Waals surface area contributed by atoms with Gasteiger partial charge in [-0.1, -0.05) is 36.4 Å². The molecule has 0 radical (unpaired) electrons. The summed E-state index contributed by atoms with van der Waals surface area (Å²) in [5.41, 5.74) is 1.01. The zero-order valence-corrected chi connectivity index (χ0v) is 20.5. The van der Waals surface area contributed by atoms with Gasteiger partial charge in [-0.05, 0) is 38.2 Å². The van der Waals surface area contributed by atoms with Crippen molar-refractivity contribution < 1.29 is 24.2 Å². The lowest BCUT2D eigenvalue weighted by molar-refractivity contribution is -0.153. The van der Waals surface area contributed by atoms with Crippen LogP contribution in [-0.4, -0.2) is 75.0 Å². The molecule has 1 aromatic carbocycles. The van der Waals surface area contributed by atoms with Gasteiger partial charge in [0.15, 0.2) is 0 Å². The number of rotatable bonds is 11. The van der Waals surface area contributed by atoms with Gasteiger partial charge in [0.05, 0.1) is 23.2 Å². The van der Waals surface area contributed by atoms with E-state index in [9.17, 15) is 19.5 Å². The third kappa shape index (κ3) is 4.26. The molecular formula is C26H34N2O5S. The molecule has 0 aromatic heterocycles. The first-order valence-electron chi connectivity index (χ1n) is 12.2. The van der Waals surface area contributed by atoms with E-state index in [0.717, 1.165) is 18.4 Å². The van der Waals surface area contributed by atoms with Crippen LogP contribution < -0.4 is 0 Å². The number of thioether (sulfide) groups is 1. The summed E-state index contributed by atoms with van der Waals surface area (Å²) >= 11 is 1.65. The van der Waals surface area contributed by atoms with E-state index in [0.29, 0.717) is 32.5 Å². The molecule has 8 heteroatoms. The number of esters is 1. The SMILES string of the molecule is C=CCN(Cc1ccccc1)C(=O)C1N(CCCCO)C(=O)[C@@H]2[C@@H](C(=O)OCC)[C@H]3CCC12S3. The predicted octanol–water partition coefficient (Wildman–Crippen LogP) is 2.63. The highest BCUT2D eigenvalue weighted by atomic mass is 32.2. The molecule has 3 heterocycles. The van der Waals surface area contributed by atoms with E-state index in [1.54, 1.807) is 34.6 Å². The van der Waals surface area contributed by atoms with Crippen LogP contribution in [0.3, 0.4) is 0 Å². The van der Waals surface area contributed by atoms with E-state index in [-0.39, 0.29) is 36.2 Å². The van der Waals surface area contributed by atoms with Crippen LogP contribution in [0.4, 0.5) is 0 Å². The molecule has 5 atom stereocenters. The van der Waals surface area contributed by atoms with Crippen molar-refractivity contribution in [2.24, 2.45) is 11.8 Å². The molecule has 2 amide bonds. The Balaban J connectivity index is 1.68. The fraction of sp³-hybridized carbons (Fsp3) is 0.577. The molecule has 3 aliphatic rings. The smallest absolute Gasteiger partial charge is 0.310 e. The van der Waals surface area contributed by atoms with Gasteiger partial charge in [-0.25, -0.2) is 0 Å². The minimum Gasteiger partial charge on any atom is -0.466 e. The number of aliphatic hydroxyl groups excluding tert-OH is 1. The minimum absolute atomic E-state index is 0.00451. The van der Waals surface area contributed by atoms with E-state index in [2.05, 4.69) is 6.58 Å². The molecule has 34 heavy (non-hydrogen) atoms. The number of nitrogens with zero attached hydrogens (tertiary/aromatic N) is 2. The molecule has 1 spiro atoms. The molecule has 3 fully saturated rings. The molecule has 0 aliphatic carbocycles. The van der Waals surface area contributed by atoms with Crippen LogP contribution in [0.1, 0.15) is 38.2 Å². The van der Waals surface area contributed by atoms with Gasteiger partial charge in [0.2, 0.25) is 11.8 Å². The molecule has 7 nitrogen and oxygen atoms in total. The number of ether oxygens (including phenoxy) is 1. The van der Waals surface area contributed by atoms with Crippen molar-refractivity contribution in [1.29, 1.82) is 0 Å². The summed E-state index contributed by atoms with van der Waals surface area (Å²) in [7, 11) is 0. The maximum atomic E-state index is 14.2. The number of aliphatic hydroxyl groups is 1. The molecule has 3 saturated heterocycles. The second-order valence-electron chi connectivity index (χ2n) is 9.26. The Labute approximate surface area is 205 Å². The number of unbranched alkanes of at least 4 members (excludes halogenated alkanes) is 1. The van der Waals surface area contributed by atoms with Gasteiger partial charge < -0.3 is 19.6 Å². The number of hydrogen-bond donors (Lipinski definition) is 1. The summed E-state index contributed by atoms with van der Waals surface area (Å²) in [5, 5.41) is 9.29. The van der Waals surface area contributed by atoms with Gasteiger partial charge in [0, 0.05) is 31.5 Å². The van der Waals surface area contributed by atoms with Crippen LogP contribution >= 0.6 is 11.8 Å². The highest BCUT2D eigenvalue weighted by Gasteiger charge is 2.74. The Bertz CT molecular complexity index is 925. The minimum atomic E-state index is -0.637. The fourth-order valence-corrected chi connectivity index (χ4v) is 8.14. The van der Waals surface area contributed by atoms with Gasteiger partial charge in [0.25, 0.3) is 0 Å². The standard InChI is InChI=1S/C26H34N2O5S/c1-3-14-27(17-18-10-6-5-7-11-18)24(31)22-26-13-12-19(34-26)20(25(32)33-4-2)21(26)23(30)28(22)15-8-9-16-29/h3,5-7,10-11,19-22,29H,1,4,8-9,12-17H2,2H3/t19-,20+,21+,22?,26?/m1/s1. The first kappa shape index (κ1) is 24.8. The maximum Gasteiger partial charge on any atom is 0.310 e. The van der Waals surface area contributed by atoms with Gasteiger partial charge in [-0.3, -0.25) is 14.4 Å².